The van der Waals surface area contributed by atoms with Crippen LogP contribution in [-0.2, 0) is 4.79 Å². The van der Waals surface area contributed by atoms with Gasteiger partial charge in [0.1, 0.15) is 28.8 Å². The van der Waals surface area contributed by atoms with Crippen LogP contribution in [0.2, 0.25) is 0 Å². The smallest absolute Gasteiger partial charge is 0.313 e. The zero-order valence-electron chi connectivity index (χ0n) is 19.8. The molecule has 2 heterocycles. The van der Waals surface area contributed by atoms with E-state index in [4.69, 9.17) is 0 Å². The normalized spacial score (nSPS) is 19.1. The maximum Gasteiger partial charge on any atom is 0.313 e. The Labute approximate surface area is 205 Å². The summed E-state index contributed by atoms with van der Waals surface area (Å²) in [6, 6.07) is 7.71. The lowest BCUT2D eigenvalue weighted by Crippen LogP contribution is -2.45. The number of carboxylic acids is 1. The topological polar surface area (TPSA) is 92.9 Å². The average molecular weight is 488 g/mol. The van der Waals surface area contributed by atoms with Crippen LogP contribution in [0.4, 0.5) is 14.6 Å². The van der Waals surface area contributed by atoms with Crippen LogP contribution in [0.15, 0.2) is 67.0 Å². The molecule has 1 aliphatic rings. The molecule has 1 aliphatic carbocycles. The van der Waals surface area contributed by atoms with Crippen LogP contribution >= 0.6 is 0 Å². The van der Waals surface area contributed by atoms with Crippen molar-refractivity contribution < 1.29 is 18.7 Å². The fourth-order valence-electron chi connectivity index (χ4n) is 4.67. The number of anilines is 1. The molecule has 2 N–H and O–H groups in total. The molecule has 5 rings (SSSR count). The molecule has 0 radical (unpaired) electrons. The Morgan fingerprint density at radius 1 is 1.11 bits per heavy atom. The lowest BCUT2D eigenvalue weighted by atomic mass is 9.82. The van der Waals surface area contributed by atoms with E-state index < -0.39 is 29.1 Å². The fraction of sp³-hybridized carbons (Fsp3) is 0.185. The van der Waals surface area contributed by atoms with Crippen molar-refractivity contribution in [3.05, 3.63) is 89.9 Å². The second kappa shape index (κ2) is 8.67. The highest BCUT2D eigenvalue weighted by atomic mass is 19.1. The van der Waals surface area contributed by atoms with E-state index in [9.17, 15) is 9.90 Å². The molecule has 0 spiro atoms. The predicted molar refractivity (Wildman–Crippen MR) is 133 cm³/mol. The summed E-state index contributed by atoms with van der Waals surface area (Å²) in [5.41, 5.74) is 1.67. The Morgan fingerprint density at radius 2 is 1.89 bits per heavy atom. The van der Waals surface area contributed by atoms with Crippen LogP contribution in [0.1, 0.15) is 18.2 Å². The van der Waals surface area contributed by atoms with Gasteiger partial charge >= 0.3 is 5.97 Å². The van der Waals surface area contributed by atoms with E-state index in [-0.39, 0.29) is 11.2 Å². The SMILES string of the molecule is Cc1cccc(F)c1-n1nc(C)c(-c2cc(F)c3nccnc3c2)c1NC1(C)C=CC=CC1C(=O)O. The number of nitrogens with one attached hydrogen (secondary N) is 1. The molecule has 9 heteroatoms. The standard InChI is InChI=1S/C27H23F2N5O2/c1-15-7-6-9-19(28)24(15)34-25(32-27(3)10-5-4-8-18(27)26(35)36)22(16(2)33-34)17-13-20(29)23-21(14-17)30-11-12-31-23/h4-14,18,32H,1-3H3,(H,35,36). The predicted octanol–water partition coefficient (Wildman–Crippen LogP) is 5.37. The molecular formula is C27H23F2N5O2. The van der Waals surface area contributed by atoms with Gasteiger partial charge in [0.15, 0.2) is 5.82 Å². The van der Waals surface area contributed by atoms with Crippen LogP contribution in [0.3, 0.4) is 0 Å². The van der Waals surface area contributed by atoms with Gasteiger partial charge in [0.05, 0.1) is 16.7 Å². The number of hydrogen-bond acceptors (Lipinski definition) is 5. The highest BCUT2D eigenvalue weighted by molar-refractivity contribution is 5.88. The van der Waals surface area contributed by atoms with Gasteiger partial charge in [-0.25, -0.2) is 18.4 Å². The molecule has 2 aromatic heterocycles. The molecule has 2 unspecified atom stereocenters. The molecule has 0 aliphatic heterocycles. The van der Waals surface area contributed by atoms with Gasteiger partial charge in [-0.15, -0.1) is 0 Å². The van der Waals surface area contributed by atoms with Crippen molar-refractivity contribution in [1.82, 2.24) is 19.7 Å². The summed E-state index contributed by atoms with van der Waals surface area (Å²) in [5, 5.41) is 17.8. The lowest BCUT2D eigenvalue weighted by molar-refractivity contribution is -0.141. The van der Waals surface area contributed by atoms with Gasteiger partial charge in [0, 0.05) is 18.0 Å². The Balaban J connectivity index is 1.79. The maximum absolute atomic E-state index is 15.1. The Bertz CT molecular complexity index is 1560. The number of aromatic nitrogens is 4. The summed E-state index contributed by atoms with van der Waals surface area (Å²) in [5.74, 6) is -2.67. The molecular weight excluding hydrogens is 464 g/mol. The van der Waals surface area contributed by atoms with Gasteiger partial charge < -0.3 is 10.4 Å². The summed E-state index contributed by atoms with van der Waals surface area (Å²) < 4.78 is 31.6. The lowest BCUT2D eigenvalue weighted by Gasteiger charge is -2.35. The molecule has 0 saturated heterocycles. The molecule has 7 nitrogen and oxygen atoms in total. The van der Waals surface area contributed by atoms with Crippen molar-refractivity contribution in [3.8, 4) is 16.8 Å². The van der Waals surface area contributed by atoms with Crippen LogP contribution in [0.5, 0.6) is 0 Å². The zero-order valence-corrected chi connectivity index (χ0v) is 19.8. The molecule has 0 bridgehead atoms. The van der Waals surface area contributed by atoms with Crippen molar-refractivity contribution in [2.75, 3.05) is 5.32 Å². The first-order valence-electron chi connectivity index (χ1n) is 11.3. The first-order valence-corrected chi connectivity index (χ1v) is 11.3. The van der Waals surface area contributed by atoms with Crippen molar-refractivity contribution in [3.63, 3.8) is 0 Å². The molecule has 2 aromatic carbocycles. The Hall–Kier alpha value is -4.40. The van der Waals surface area contributed by atoms with Gasteiger partial charge in [-0.1, -0.05) is 36.4 Å². The van der Waals surface area contributed by atoms with Gasteiger partial charge in [-0.3, -0.25) is 9.78 Å². The van der Waals surface area contributed by atoms with Gasteiger partial charge in [0.25, 0.3) is 0 Å². The number of para-hydroxylation sites is 1. The Morgan fingerprint density at radius 3 is 2.64 bits per heavy atom. The summed E-state index contributed by atoms with van der Waals surface area (Å²) in [7, 11) is 0. The summed E-state index contributed by atoms with van der Waals surface area (Å²) in [6.45, 7) is 5.23. The highest BCUT2D eigenvalue weighted by Crippen LogP contribution is 2.40. The number of rotatable bonds is 5. The minimum Gasteiger partial charge on any atom is -0.481 e. The minimum atomic E-state index is -1.09. The quantitative estimate of drug-likeness (QED) is 0.393. The number of nitrogens with zero attached hydrogens (tertiary/aromatic N) is 4. The van der Waals surface area contributed by atoms with Crippen LogP contribution < -0.4 is 5.32 Å². The number of fused-ring (bicyclic) bond motifs is 1. The van der Waals surface area contributed by atoms with Crippen LogP contribution in [0.25, 0.3) is 27.8 Å². The molecule has 4 aromatic rings. The monoisotopic (exact) mass is 487 g/mol. The third-order valence-electron chi connectivity index (χ3n) is 6.43. The largest absolute Gasteiger partial charge is 0.481 e. The van der Waals surface area contributed by atoms with Crippen molar-refractivity contribution >= 4 is 22.8 Å². The van der Waals surface area contributed by atoms with Crippen LogP contribution in [-0.4, -0.2) is 36.4 Å². The highest BCUT2D eigenvalue weighted by Gasteiger charge is 2.39. The third-order valence-corrected chi connectivity index (χ3v) is 6.43. The van der Waals surface area contributed by atoms with Crippen molar-refractivity contribution in [2.45, 2.75) is 26.3 Å². The van der Waals surface area contributed by atoms with E-state index in [2.05, 4.69) is 20.4 Å². The number of carboxylic acid groups (broad SMARTS) is 1. The van der Waals surface area contributed by atoms with Gasteiger partial charge in [-0.05, 0) is 50.1 Å². The number of allylic oxidation sites excluding steroid dienone is 2. The van der Waals surface area contributed by atoms with E-state index >= 15 is 8.78 Å². The number of carbonyl (C=O) groups is 1. The Kier molecular flexibility index (Phi) is 5.62. The second-order valence-corrected chi connectivity index (χ2v) is 8.98. The number of aliphatic carboxylic acids is 1. The second-order valence-electron chi connectivity index (χ2n) is 8.98. The first kappa shape index (κ1) is 23.3. The zero-order chi connectivity index (χ0) is 25.6. The van der Waals surface area contributed by atoms with E-state index in [1.54, 1.807) is 63.3 Å². The van der Waals surface area contributed by atoms with Crippen LogP contribution in [0, 0.1) is 31.4 Å². The van der Waals surface area contributed by atoms with E-state index in [0.29, 0.717) is 33.7 Å². The number of benzene rings is 2. The van der Waals surface area contributed by atoms with Gasteiger partial charge in [0.2, 0.25) is 0 Å². The van der Waals surface area contributed by atoms with E-state index in [0.717, 1.165) is 0 Å². The average Bonchev–Trinajstić information content (AvgIpc) is 3.13. The molecule has 0 amide bonds. The molecule has 2 atom stereocenters. The van der Waals surface area contributed by atoms with E-state index in [1.807, 2.05) is 0 Å². The third kappa shape index (κ3) is 3.82. The number of aryl methyl sites for hydroxylation is 2. The van der Waals surface area contributed by atoms with Gasteiger partial charge in [-0.2, -0.15) is 5.10 Å². The minimum absolute atomic E-state index is 0.129. The maximum atomic E-state index is 15.1. The summed E-state index contributed by atoms with van der Waals surface area (Å²) in [6.07, 6.45) is 9.63. The first-order chi connectivity index (χ1) is 17.2. The number of hydrogen-bond donors (Lipinski definition) is 2. The molecule has 36 heavy (non-hydrogen) atoms. The van der Waals surface area contributed by atoms with E-state index in [1.165, 1.54) is 29.2 Å². The van der Waals surface area contributed by atoms with Crippen molar-refractivity contribution in [1.29, 1.82) is 0 Å². The molecule has 0 saturated carbocycles. The molecule has 0 fully saturated rings. The number of halogens is 2. The van der Waals surface area contributed by atoms with Crippen molar-refractivity contribution in [2.24, 2.45) is 5.92 Å². The fourth-order valence-corrected chi connectivity index (χ4v) is 4.67. The summed E-state index contributed by atoms with van der Waals surface area (Å²) >= 11 is 0. The summed E-state index contributed by atoms with van der Waals surface area (Å²) in [4.78, 5) is 20.4. The molecule has 182 valence electrons.